The van der Waals surface area contributed by atoms with Gasteiger partial charge >= 0.3 is 0 Å². The average molecular weight is 419 g/mol. The summed E-state index contributed by atoms with van der Waals surface area (Å²) in [6.07, 6.45) is 5.25. The van der Waals surface area contributed by atoms with Gasteiger partial charge in [-0.2, -0.15) is 0 Å². The molecule has 2 aromatic carbocycles. The maximum Gasteiger partial charge on any atom is 0.230 e. The standard InChI is InChI=1S/C24H26N4OS/c1-28(16-19-8-3-2-4-9-19)24(14-20-10-5-6-11-21(20)15-24)18-27-22(29)17-30-23-25-12-7-13-26-23/h2-13H,14-18H2,1H3,(H,27,29). The summed E-state index contributed by atoms with van der Waals surface area (Å²) >= 11 is 1.36. The van der Waals surface area contributed by atoms with Crippen LogP contribution in [0.2, 0.25) is 0 Å². The number of benzene rings is 2. The van der Waals surface area contributed by atoms with E-state index in [0.29, 0.717) is 17.5 Å². The summed E-state index contributed by atoms with van der Waals surface area (Å²) in [6, 6.07) is 20.9. The number of fused-ring (bicyclic) bond motifs is 1. The quantitative estimate of drug-likeness (QED) is 0.449. The third-order valence-electron chi connectivity index (χ3n) is 5.72. The van der Waals surface area contributed by atoms with E-state index in [1.807, 2.05) is 6.07 Å². The van der Waals surface area contributed by atoms with Gasteiger partial charge in [0.2, 0.25) is 5.91 Å². The van der Waals surface area contributed by atoms with Gasteiger partial charge in [0, 0.05) is 31.0 Å². The molecule has 1 aromatic heterocycles. The van der Waals surface area contributed by atoms with Gasteiger partial charge in [0.05, 0.1) is 5.75 Å². The Morgan fingerprint density at radius 2 is 1.63 bits per heavy atom. The number of hydrogen-bond acceptors (Lipinski definition) is 5. The maximum absolute atomic E-state index is 12.6. The van der Waals surface area contributed by atoms with Crippen LogP contribution in [0.3, 0.4) is 0 Å². The normalized spacial score (nSPS) is 14.5. The largest absolute Gasteiger partial charge is 0.353 e. The minimum Gasteiger partial charge on any atom is -0.353 e. The predicted molar refractivity (Wildman–Crippen MR) is 120 cm³/mol. The van der Waals surface area contributed by atoms with Crippen LogP contribution in [0.1, 0.15) is 16.7 Å². The number of aromatic nitrogens is 2. The molecule has 1 heterocycles. The zero-order valence-electron chi connectivity index (χ0n) is 17.1. The lowest BCUT2D eigenvalue weighted by molar-refractivity contribution is -0.119. The Morgan fingerprint density at radius 3 is 2.30 bits per heavy atom. The van der Waals surface area contributed by atoms with Gasteiger partial charge in [0.1, 0.15) is 0 Å². The van der Waals surface area contributed by atoms with Crippen LogP contribution in [0.15, 0.2) is 78.2 Å². The molecular weight excluding hydrogens is 392 g/mol. The first-order valence-corrected chi connectivity index (χ1v) is 11.1. The van der Waals surface area contributed by atoms with Crippen molar-refractivity contribution >= 4 is 17.7 Å². The fourth-order valence-electron chi connectivity index (χ4n) is 4.03. The van der Waals surface area contributed by atoms with E-state index in [-0.39, 0.29) is 11.4 Å². The second-order valence-corrected chi connectivity index (χ2v) is 8.73. The summed E-state index contributed by atoms with van der Waals surface area (Å²) in [5.74, 6) is 0.325. The fourth-order valence-corrected chi connectivity index (χ4v) is 4.67. The molecule has 0 saturated heterocycles. The van der Waals surface area contributed by atoms with E-state index in [1.54, 1.807) is 18.5 Å². The van der Waals surface area contributed by atoms with E-state index in [4.69, 9.17) is 0 Å². The average Bonchev–Trinajstić information content (AvgIpc) is 3.18. The molecule has 0 spiro atoms. The van der Waals surface area contributed by atoms with Crippen molar-refractivity contribution in [1.29, 1.82) is 0 Å². The van der Waals surface area contributed by atoms with Crippen molar-refractivity contribution in [2.45, 2.75) is 30.1 Å². The highest BCUT2D eigenvalue weighted by Gasteiger charge is 2.40. The number of nitrogens with zero attached hydrogens (tertiary/aromatic N) is 3. The van der Waals surface area contributed by atoms with Crippen LogP contribution >= 0.6 is 11.8 Å². The molecule has 1 aliphatic carbocycles. The third-order valence-corrected chi connectivity index (χ3v) is 6.59. The van der Waals surface area contributed by atoms with Crippen molar-refractivity contribution in [2.75, 3.05) is 19.3 Å². The van der Waals surface area contributed by atoms with Gasteiger partial charge in [-0.3, -0.25) is 9.69 Å². The smallest absolute Gasteiger partial charge is 0.230 e. The maximum atomic E-state index is 12.6. The predicted octanol–water partition coefficient (Wildman–Crippen LogP) is 3.35. The number of carbonyl (C=O) groups is 1. The van der Waals surface area contributed by atoms with E-state index in [0.717, 1.165) is 19.4 Å². The minimum absolute atomic E-state index is 0.0101. The monoisotopic (exact) mass is 418 g/mol. The van der Waals surface area contributed by atoms with E-state index in [9.17, 15) is 4.79 Å². The molecular formula is C24H26N4OS. The first-order valence-electron chi connectivity index (χ1n) is 10.1. The van der Waals surface area contributed by atoms with Crippen LogP contribution in [0.5, 0.6) is 0 Å². The zero-order valence-corrected chi connectivity index (χ0v) is 17.9. The first-order chi connectivity index (χ1) is 14.6. The molecule has 0 atom stereocenters. The van der Waals surface area contributed by atoms with Crippen molar-refractivity contribution in [3.63, 3.8) is 0 Å². The summed E-state index contributed by atoms with van der Waals surface area (Å²) in [4.78, 5) is 23.3. The summed E-state index contributed by atoms with van der Waals surface area (Å²) in [7, 11) is 2.16. The molecule has 1 N–H and O–H groups in total. The van der Waals surface area contributed by atoms with Crippen LogP contribution in [0, 0.1) is 0 Å². The molecule has 0 unspecified atom stereocenters. The van der Waals surface area contributed by atoms with Crippen molar-refractivity contribution in [2.24, 2.45) is 0 Å². The molecule has 4 rings (SSSR count). The first kappa shape index (κ1) is 20.6. The van der Waals surface area contributed by atoms with Gasteiger partial charge in [-0.25, -0.2) is 9.97 Å². The van der Waals surface area contributed by atoms with Crippen molar-refractivity contribution in [1.82, 2.24) is 20.2 Å². The van der Waals surface area contributed by atoms with Crippen LogP contribution in [0.25, 0.3) is 0 Å². The van der Waals surface area contributed by atoms with E-state index in [1.165, 1.54) is 28.5 Å². The number of carbonyl (C=O) groups excluding carboxylic acids is 1. The second kappa shape index (κ2) is 9.41. The Labute approximate surface area is 181 Å². The van der Waals surface area contributed by atoms with Crippen molar-refractivity contribution in [3.05, 3.63) is 89.7 Å². The number of nitrogens with one attached hydrogen (secondary N) is 1. The molecule has 30 heavy (non-hydrogen) atoms. The fraction of sp³-hybridized carbons (Fsp3) is 0.292. The Hall–Kier alpha value is -2.70. The Morgan fingerprint density at radius 1 is 1.00 bits per heavy atom. The van der Waals surface area contributed by atoms with Crippen LogP contribution in [0.4, 0.5) is 0 Å². The molecule has 1 amide bonds. The summed E-state index contributed by atoms with van der Waals surface area (Å²) in [5, 5.41) is 3.80. The Balaban J connectivity index is 1.44. The lowest BCUT2D eigenvalue weighted by Crippen LogP contribution is -2.55. The number of likely N-dealkylation sites (N-methyl/N-ethyl adjacent to an activating group) is 1. The molecule has 0 aliphatic heterocycles. The molecule has 0 saturated carbocycles. The van der Waals surface area contributed by atoms with Gasteiger partial charge in [0.15, 0.2) is 5.16 Å². The van der Waals surface area contributed by atoms with Crippen LogP contribution in [-0.4, -0.2) is 45.7 Å². The molecule has 5 nitrogen and oxygen atoms in total. The van der Waals surface area contributed by atoms with Crippen LogP contribution in [-0.2, 0) is 24.2 Å². The molecule has 1 aliphatic rings. The molecule has 0 fully saturated rings. The highest BCUT2D eigenvalue weighted by Crippen LogP contribution is 2.34. The van der Waals surface area contributed by atoms with Crippen LogP contribution < -0.4 is 5.32 Å². The SMILES string of the molecule is CN(Cc1ccccc1)C1(CNC(=O)CSc2ncccn2)Cc2ccccc2C1. The zero-order chi connectivity index (χ0) is 20.8. The number of rotatable bonds is 8. The number of thioether (sulfide) groups is 1. The van der Waals surface area contributed by atoms with Gasteiger partial charge in [0.25, 0.3) is 0 Å². The molecule has 3 aromatic rings. The molecule has 0 radical (unpaired) electrons. The summed E-state index contributed by atoms with van der Waals surface area (Å²) in [5.41, 5.74) is 3.89. The Bertz CT molecular complexity index is 956. The summed E-state index contributed by atoms with van der Waals surface area (Å²) in [6.45, 7) is 1.46. The van der Waals surface area contributed by atoms with Gasteiger partial charge in [-0.1, -0.05) is 66.4 Å². The van der Waals surface area contributed by atoms with E-state index in [2.05, 4.69) is 75.8 Å². The number of hydrogen-bond donors (Lipinski definition) is 1. The van der Waals surface area contributed by atoms with E-state index < -0.39 is 0 Å². The van der Waals surface area contributed by atoms with Crippen molar-refractivity contribution in [3.8, 4) is 0 Å². The molecule has 6 heteroatoms. The number of amides is 1. The topological polar surface area (TPSA) is 58.1 Å². The lowest BCUT2D eigenvalue weighted by atomic mass is 9.92. The summed E-state index contributed by atoms with van der Waals surface area (Å²) < 4.78 is 0. The molecule has 0 bridgehead atoms. The minimum atomic E-state index is -0.136. The highest BCUT2D eigenvalue weighted by molar-refractivity contribution is 7.99. The van der Waals surface area contributed by atoms with Gasteiger partial charge in [-0.15, -0.1) is 0 Å². The van der Waals surface area contributed by atoms with E-state index >= 15 is 0 Å². The highest BCUT2D eigenvalue weighted by atomic mass is 32.2. The Kier molecular flexibility index (Phi) is 6.45. The third kappa shape index (κ3) is 4.89. The molecule has 154 valence electrons. The van der Waals surface area contributed by atoms with Gasteiger partial charge in [-0.05, 0) is 42.6 Å². The second-order valence-electron chi connectivity index (χ2n) is 7.79. The van der Waals surface area contributed by atoms with Gasteiger partial charge < -0.3 is 5.32 Å². The van der Waals surface area contributed by atoms with Crippen molar-refractivity contribution < 1.29 is 4.79 Å². The lowest BCUT2D eigenvalue weighted by Gasteiger charge is -2.39.